The lowest BCUT2D eigenvalue weighted by atomic mass is 10.00. The van der Waals surface area contributed by atoms with Crippen LogP contribution in [0.15, 0.2) is 0 Å². The first-order valence-corrected chi connectivity index (χ1v) is 6.86. The third kappa shape index (κ3) is 4.42. The zero-order valence-electron chi connectivity index (χ0n) is 12.0. The van der Waals surface area contributed by atoms with Crippen molar-refractivity contribution in [3.05, 3.63) is 0 Å². The molecule has 0 spiro atoms. The first kappa shape index (κ1) is 14.0. The predicted molar refractivity (Wildman–Crippen MR) is 71.8 cm³/mol. The molecule has 1 unspecified atom stereocenters. The molecule has 0 aromatic carbocycles. The molecule has 1 saturated carbocycles. The quantitative estimate of drug-likeness (QED) is 0.749. The Morgan fingerprint density at radius 1 is 1.25 bits per heavy atom. The largest absolute Gasteiger partial charge is 0.311 e. The molecule has 0 heterocycles. The van der Waals surface area contributed by atoms with Crippen LogP contribution in [0.25, 0.3) is 0 Å². The Labute approximate surface area is 102 Å². The van der Waals surface area contributed by atoms with Crippen LogP contribution in [0, 0.1) is 5.92 Å². The number of hydrogen-bond acceptors (Lipinski definition) is 2. The van der Waals surface area contributed by atoms with Gasteiger partial charge in [-0.3, -0.25) is 4.90 Å². The molecule has 0 aromatic heterocycles. The fourth-order valence-corrected chi connectivity index (χ4v) is 2.32. The van der Waals surface area contributed by atoms with E-state index < -0.39 is 0 Å². The second kappa shape index (κ2) is 5.50. The average molecular weight is 226 g/mol. The third-order valence-corrected chi connectivity index (χ3v) is 3.42. The lowest BCUT2D eigenvalue weighted by Crippen LogP contribution is -2.50. The minimum Gasteiger partial charge on any atom is -0.311 e. The van der Waals surface area contributed by atoms with Gasteiger partial charge in [0, 0.05) is 24.2 Å². The Bertz CT molecular complexity index is 201. The van der Waals surface area contributed by atoms with E-state index in [1.165, 1.54) is 19.4 Å². The minimum absolute atomic E-state index is 0.232. The Morgan fingerprint density at radius 2 is 1.81 bits per heavy atom. The molecule has 1 aliphatic carbocycles. The van der Waals surface area contributed by atoms with Gasteiger partial charge in [0.1, 0.15) is 0 Å². The van der Waals surface area contributed by atoms with E-state index in [0.717, 1.165) is 18.5 Å². The van der Waals surface area contributed by atoms with Crippen LogP contribution < -0.4 is 5.32 Å². The maximum absolute atomic E-state index is 3.66. The molecule has 1 aliphatic rings. The lowest BCUT2D eigenvalue weighted by Gasteiger charge is -2.36. The van der Waals surface area contributed by atoms with Gasteiger partial charge in [0.25, 0.3) is 0 Å². The van der Waals surface area contributed by atoms with E-state index in [-0.39, 0.29) is 5.54 Å². The van der Waals surface area contributed by atoms with Crippen LogP contribution in [0.5, 0.6) is 0 Å². The summed E-state index contributed by atoms with van der Waals surface area (Å²) in [6, 6.07) is 1.57. The Morgan fingerprint density at radius 3 is 2.12 bits per heavy atom. The highest BCUT2D eigenvalue weighted by Crippen LogP contribution is 2.30. The van der Waals surface area contributed by atoms with E-state index in [1.54, 1.807) is 0 Å². The van der Waals surface area contributed by atoms with Crippen molar-refractivity contribution >= 4 is 0 Å². The van der Waals surface area contributed by atoms with Gasteiger partial charge in [-0.2, -0.15) is 0 Å². The summed E-state index contributed by atoms with van der Waals surface area (Å²) >= 11 is 0. The zero-order chi connectivity index (χ0) is 12.3. The number of rotatable bonds is 6. The summed E-state index contributed by atoms with van der Waals surface area (Å²) in [5.41, 5.74) is 0.232. The summed E-state index contributed by atoms with van der Waals surface area (Å²) in [6.45, 7) is 16.0. The van der Waals surface area contributed by atoms with Gasteiger partial charge in [0.2, 0.25) is 0 Å². The van der Waals surface area contributed by atoms with Crippen molar-refractivity contribution in [1.82, 2.24) is 10.2 Å². The molecule has 1 N–H and O–H groups in total. The van der Waals surface area contributed by atoms with Crippen LogP contribution in [0.1, 0.15) is 54.4 Å². The topological polar surface area (TPSA) is 15.3 Å². The van der Waals surface area contributed by atoms with Crippen LogP contribution in [-0.4, -0.2) is 35.6 Å². The molecule has 0 aromatic rings. The molecule has 0 bridgehead atoms. The SMILES string of the molecule is CCN(C1CC1)C(CNC(C)(C)C)C(C)C. The van der Waals surface area contributed by atoms with E-state index in [4.69, 9.17) is 0 Å². The van der Waals surface area contributed by atoms with Gasteiger partial charge in [0.15, 0.2) is 0 Å². The van der Waals surface area contributed by atoms with Crippen LogP contribution in [0.2, 0.25) is 0 Å². The fourth-order valence-electron chi connectivity index (χ4n) is 2.32. The summed E-state index contributed by atoms with van der Waals surface area (Å²) in [5.74, 6) is 0.732. The third-order valence-electron chi connectivity index (χ3n) is 3.42. The fraction of sp³-hybridized carbons (Fsp3) is 1.00. The van der Waals surface area contributed by atoms with E-state index in [9.17, 15) is 0 Å². The van der Waals surface area contributed by atoms with Crippen molar-refractivity contribution in [1.29, 1.82) is 0 Å². The normalized spacial score (nSPS) is 19.5. The molecule has 0 aliphatic heterocycles. The standard InChI is InChI=1S/C14H30N2/c1-7-16(12-8-9-12)13(11(2)3)10-15-14(4,5)6/h11-13,15H,7-10H2,1-6H3. The Hall–Kier alpha value is -0.0800. The van der Waals surface area contributed by atoms with Crippen molar-refractivity contribution in [3.63, 3.8) is 0 Å². The van der Waals surface area contributed by atoms with E-state index in [2.05, 4.69) is 51.8 Å². The first-order valence-electron chi connectivity index (χ1n) is 6.86. The molecule has 1 atom stereocenters. The highest BCUT2D eigenvalue weighted by molar-refractivity contribution is 4.91. The smallest absolute Gasteiger partial charge is 0.0246 e. The lowest BCUT2D eigenvalue weighted by molar-refractivity contribution is 0.142. The second-order valence-electron chi connectivity index (χ2n) is 6.50. The molecule has 2 nitrogen and oxygen atoms in total. The van der Waals surface area contributed by atoms with Crippen molar-refractivity contribution in [2.24, 2.45) is 5.92 Å². The molecule has 1 rings (SSSR count). The van der Waals surface area contributed by atoms with Gasteiger partial charge in [-0.1, -0.05) is 20.8 Å². The van der Waals surface area contributed by atoms with Gasteiger partial charge in [-0.15, -0.1) is 0 Å². The van der Waals surface area contributed by atoms with Crippen LogP contribution in [0.3, 0.4) is 0 Å². The molecule has 0 saturated heterocycles. The van der Waals surface area contributed by atoms with E-state index >= 15 is 0 Å². The number of hydrogen-bond donors (Lipinski definition) is 1. The zero-order valence-corrected chi connectivity index (χ0v) is 12.0. The van der Waals surface area contributed by atoms with Crippen molar-refractivity contribution in [3.8, 4) is 0 Å². The van der Waals surface area contributed by atoms with Crippen molar-refractivity contribution < 1.29 is 0 Å². The van der Waals surface area contributed by atoms with Gasteiger partial charge in [-0.05, 0) is 46.1 Å². The maximum atomic E-state index is 3.66. The summed E-state index contributed by atoms with van der Waals surface area (Å²) in [5, 5.41) is 3.66. The highest BCUT2D eigenvalue weighted by atomic mass is 15.2. The van der Waals surface area contributed by atoms with Gasteiger partial charge < -0.3 is 5.32 Å². The van der Waals surface area contributed by atoms with E-state index in [1.807, 2.05) is 0 Å². The van der Waals surface area contributed by atoms with Crippen molar-refractivity contribution in [2.75, 3.05) is 13.1 Å². The summed E-state index contributed by atoms with van der Waals surface area (Å²) in [6.07, 6.45) is 2.82. The van der Waals surface area contributed by atoms with Crippen LogP contribution in [-0.2, 0) is 0 Å². The summed E-state index contributed by atoms with van der Waals surface area (Å²) in [4.78, 5) is 2.70. The van der Waals surface area contributed by atoms with Gasteiger partial charge in [-0.25, -0.2) is 0 Å². The van der Waals surface area contributed by atoms with Crippen LogP contribution in [0.4, 0.5) is 0 Å². The molecule has 1 fully saturated rings. The molecular weight excluding hydrogens is 196 g/mol. The van der Waals surface area contributed by atoms with Crippen LogP contribution >= 0.6 is 0 Å². The van der Waals surface area contributed by atoms with Gasteiger partial charge >= 0.3 is 0 Å². The maximum Gasteiger partial charge on any atom is 0.0246 e. The molecule has 0 radical (unpaired) electrons. The highest BCUT2D eigenvalue weighted by Gasteiger charge is 2.34. The second-order valence-corrected chi connectivity index (χ2v) is 6.50. The number of nitrogens with zero attached hydrogens (tertiary/aromatic N) is 1. The Kier molecular flexibility index (Phi) is 4.81. The van der Waals surface area contributed by atoms with E-state index in [0.29, 0.717) is 6.04 Å². The number of likely N-dealkylation sites (N-methyl/N-ethyl adjacent to an activating group) is 1. The predicted octanol–water partition coefficient (Wildman–Crippen LogP) is 2.88. The molecule has 96 valence electrons. The number of nitrogens with one attached hydrogen (secondary N) is 1. The molecule has 16 heavy (non-hydrogen) atoms. The molecule has 2 heteroatoms. The van der Waals surface area contributed by atoms with Crippen molar-refractivity contribution in [2.45, 2.75) is 72.0 Å². The Balaban J connectivity index is 2.52. The summed E-state index contributed by atoms with van der Waals surface area (Å²) in [7, 11) is 0. The molecular formula is C14H30N2. The monoisotopic (exact) mass is 226 g/mol. The minimum atomic E-state index is 0.232. The summed E-state index contributed by atoms with van der Waals surface area (Å²) < 4.78 is 0. The van der Waals surface area contributed by atoms with Gasteiger partial charge in [0.05, 0.1) is 0 Å². The average Bonchev–Trinajstić information content (AvgIpc) is 2.93. The molecule has 0 amide bonds. The first-order chi connectivity index (χ1) is 7.35.